The van der Waals surface area contributed by atoms with Crippen LogP contribution < -0.4 is 9.62 Å². The lowest BCUT2D eigenvalue weighted by Crippen LogP contribution is -2.43. The van der Waals surface area contributed by atoms with Crippen molar-refractivity contribution in [3.63, 3.8) is 0 Å². The molecule has 3 heterocycles. The summed E-state index contributed by atoms with van der Waals surface area (Å²) in [5, 5.41) is 1.94. The van der Waals surface area contributed by atoms with Gasteiger partial charge in [0, 0.05) is 44.3 Å². The van der Waals surface area contributed by atoms with E-state index in [0.29, 0.717) is 16.9 Å². The predicted molar refractivity (Wildman–Crippen MR) is 125 cm³/mol. The molecule has 1 fully saturated rings. The monoisotopic (exact) mass is 477 g/mol. The number of thiazole rings is 1. The average Bonchev–Trinajstić information content (AvgIpc) is 3.27. The molecule has 0 aliphatic carbocycles. The van der Waals surface area contributed by atoms with Crippen molar-refractivity contribution in [1.29, 1.82) is 0 Å². The number of benzene rings is 1. The zero-order chi connectivity index (χ0) is 21.8. The first-order valence-corrected chi connectivity index (χ1v) is 12.8. The van der Waals surface area contributed by atoms with Crippen LogP contribution in [0.1, 0.15) is 18.4 Å². The van der Waals surface area contributed by atoms with Gasteiger partial charge in [-0.2, -0.15) is 0 Å². The van der Waals surface area contributed by atoms with Gasteiger partial charge in [-0.25, -0.2) is 18.4 Å². The molecule has 0 bridgehead atoms. The molecule has 0 unspecified atom stereocenters. The van der Waals surface area contributed by atoms with Gasteiger partial charge in [-0.15, -0.1) is 11.3 Å². The smallest absolute Gasteiger partial charge is 0.264 e. The summed E-state index contributed by atoms with van der Waals surface area (Å²) in [6.07, 6.45) is 3.33. The van der Waals surface area contributed by atoms with Gasteiger partial charge in [0.25, 0.3) is 10.0 Å². The van der Waals surface area contributed by atoms with E-state index in [2.05, 4.69) is 48.8 Å². The van der Waals surface area contributed by atoms with E-state index in [9.17, 15) is 8.42 Å². The van der Waals surface area contributed by atoms with Gasteiger partial charge in [0.05, 0.1) is 10.5 Å². The van der Waals surface area contributed by atoms with E-state index < -0.39 is 10.0 Å². The van der Waals surface area contributed by atoms with E-state index in [4.69, 9.17) is 11.6 Å². The Morgan fingerprint density at radius 1 is 1.23 bits per heavy atom. The fraction of sp³-hybridized carbons (Fsp3) is 0.333. The number of rotatable bonds is 7. The van der Waals surface area contributed by atoms with Crippen LogP contribution in [0.25, 0.3) is 0 Å². The molecule has 1 saturated heterocycles. The van der Waals surface area contributed by atoms with Crippen LogP contribution in [0.5, 0.6) is 0 Å². The molecule has 31 heavy (non-hydrogen) atoms. The van der Waals surface area contributed by atoms with Gasteiger partial charge < -0.3 is 4.90 Å². The standard InChI is InChI=1S/C21H24ClN5O2S2/c1-26(17-7-9-27(10-8-17)13-16-5-3-2-4-6-16)21-19(22)11-18(12-23-21)31(28,29)25-20-14-30-15-24-20/h2-6,11-12,14-15,17,25H,7-10,13H2,1H3. The Labute approximate surface area is 191 Å². The Kier molecular flexibility index (Phi) is 6.76. The summed E-state index contributed by atoms with van der Waals surface area (Å²) >= 11 is 7.76. The number of pyridine rings is 1. The van der Waals surface area contributed by atoms with Gasteiger partial charge in [-0.1, -0.05) is 41.9 Å². The summed E-state index contributed by atoms with van der Waals surface area (Å²) < 4.78 is 27.5. The van der Waals surface area contributed by atoms with Crippen LogP contribution in [0.2, 0.25) is 5.02 Å². The molecule has 7 nitrogen and oxygen atoms in total. The predicted octanol–water partition coefficient (Wildman–Crippen LogP) is 4.09. The zero-order valence-corrected chi connectivity index (χ0v) is 19.5. The maximum Gasteiger partial charge on any atom is 0.264 e. The molecule has 0 saturated carbocycles. The molecular formula is C21H24ClN5O2S2. The van der Waals surface area contributed by atoms with Gasteiger partial charge in [0.2, 0.25) is 0 Å². The SMILES string of the molecule is CN(c1ncc(S(=O)(=O)Nc2cscn2)cc1Cl)C1CCN(Cc2ccccc2)CC1. The molecule has 0 atom stereocenters. The van der Waals surface area contributed by atoms with Gasteiger partial charge >= 0.3 is 0 Å². The van der Waals surface area contributed by atoms with Crippen molar-refractivity contribution in [1.82, 2.24) is 14.9 Å². The lowest BCUT2D eigenvalue weighted by atomic mass is 10.0. The largest absolute Gasteiger partial charge is 0.355 e. The van der Waals surface area contributed by atoms with E-state index in [0.717, 1.165) is 32.5 Å². The van der Waals surface area contributed by atoms with Gasteiger partial charge in [-0.05, 0) is 24.5 Å². The first-order valence-electron chi connectivity index (χ1n) is 9.98. The number of hydrogen-bond acceptors (Lipinski definition) is 7. The highest BCUT2D eigenvalue weighted by atomic mass is 35.5. The number of aromatic nitrogens is 2. The summed E-state index contributed by atoms with van der Waals surface area (Å²) in [6, 6.07) is 12.2. The van der Waals surface area contributed by atoms with Crippen LogP contribution in [-0.2, 0) is 16.6 Å². The van der Waals surface area contributed by atoms with Gasteiger partial charge in [0.1, 0.15) is 10.7 Å². The number of piperidine rings is 1. The number of sulfonamides is 1. The Balaban J connectivity index is 1.39. The lowest BCUT2D eigenvalue weighted by molar-refractivity contribution is 0.203. The Bertz CT molecular complexity index is 1100. The molecule has 1 N–H and O–H groups in total. The third-order valence-electron chi connectivity index (χ3n) is 5.47. The van der Waals surface area contributed by atoms with E-state index >= 15 is 0 Å². The van der Waals surface area contributed by atoms with E-state index in [1.165, 1.54) is 29.2 Å². The van der Waals surface area contributed by atoms with Crippen molar-refractivity contribution in [2.24, 2.45) is 0 Å². The van der Waals surface area contributed by atoms with Gasteiger partial charge in [0.15, 0.2) is 5.82 Å². The summed E-state index contributed by atoms with van der Waals surface area (Å²) in [5.74, 6) is 0.875. The molecule has 0 radical (unpaired) electrons. The number of nitrogens with zero attached hydrogens (tertiary/aromatic N) is 4. The molecule has 2 aromatic heterocycles. The summed E-state index contributed by atoms with van der Waals surface area (Å²) in [4.78, 5) is 12.9. The van der Waals surface area contributed by atoms with E-state index in [1.54, 1.807) is 10.9 Å². The molecule has 164 valence electrons. The number of halogens is 1. The van der Waals surface area contributed by atoms with Crippen LogP contribution in [-0.4, -0.2) is 49.5 Å². The molecule has 1 aliphatic rings. The normalized spacial score (nSPS) is 15.7. The number of hydrogen-bond donors (Lipinski definition) is 1. The van der Waals surface area contributed by atoms with Crippen LogP contribution in [0, 0.1) is 0 Å². The Morgan fingerprint density at radius 3 is 2.61 bits per heavy atom. The van der Waals surface area contributed by atoms with Crippen molar-refractivity contribution in [2.75, 3.05) is 29.8 Å². The highest BCUT2D eigenvalue weighted by Crippen LogP contribution is 2.29. The quantitative estimate of drug-likeness (QED) is 0.552. The Hall–Kier alpha value is -2.20. The van der Waals surface area contributed by atoms with Crippen molar-refractivity contribution in [3.8, 4) is 0 Å². The highest BCUT2D eigenvalue weighted by molar-refractivity contribution is 7.92. The Morgan fingerprint density at radius 2 is 1.97 bits per heavy atom. The second-order valence-electron chi connectivity index (χ2n) is 7.56. The van der Waals surface area contributed by atoms with Crippen LogP contribution >= 0.6 is 22.9 Å². The molecule has 0 spiro atoms. The fourth-order valence-corrected chi connectivity index (χ4v) is 5.65. The third kappa shape index (κ3) is 5.35. The highest BCUT2D eigenvalue weighted by Gasteiger charge is 2.26. The van der Waals surface area contributed by atoms with Crippen LogP contribution in [0.3, 0.4) is 0 Å². The second kappa shape index (κ2) is 9.52. The molecule has 3 aromatic rings. The maximum atomic E-state index is 12.6. The summed E-state index contributed by atoms with van der Waals surface area (Å²) in [7, 11) is -1.82. The molecule has 0 amide bonds. The first kappa shape index (κ1) is 22.0. The van der Waals surface area contributed by atoms with E-state index in [1.807, 2.05) is 13.1 Å². The average molecular weight is 478 g/mol. The fourth-order valence-electron chi connectivity index (χ4n) is 3.76. The first-order chi connectivity index (χ1) is 14.9. The topological polar surface area (TPSA) is 78.4 Å². The molecular weight excluding hydrogens is 454 g/mol. The minimum Gasteiger partial charge on any atom is -0.355 e. The van der Waals surface area contributed by atoms with Crippen molar-refractivity contribution >= 4 is 44.6 Å². The minimum absolute atomic E-state index is 0.0142. The summed E-state index contributed by atoms with van der Waals surface area (Å²) in [5.41, 5.74) is 2.88. The lowest BCUT2D eigenvalue weighted by Gasteiger charge is -2.37. The molecule has 4 rings (SSSR count). The number of anilines is 2. The molecule has 1 aromatic carbocycles. The summed E-state index contributed by atoms with van der Waals surface area (Å²) in [6.45, 7) is 2.94. The number of likely N-dealkylation sites (tertiary alicyclic amines) is 1. The zero-order valence-electron chi connectivity index (χ0n) is 17.1. The molecule has 1 aliphatic heterocycles. The minimum atomic E-state index is -3.79. The van der Waals surface area contributed by atoms with Crippen LogP contribution in [0.15, 0.2) is 58.4 Å². The third-order valence-corrected chi connectivity index (χ3v) is 7.65. The molecule has 10 heteroatoms. The van der Waals surface area contributed by atoms with Gasteiger partial charge in [-0.3, -0.25) is 9.62 Å². The van der Waals surface area contributed by atoms with Crippen molar-refractivity contribution in [2.45, 2.75) is 30.3 Å². The van der Waals surface area contributed by atoms with Crippen molar-refractivity contribution in [3.05, 3.63) is 64.1 Å². The van der Waals surface area contributed by atoms with E-state index in [-0.39, 0.29) is 10.7 Å². The van der Waals surface area contributed by atoms with Crippen molar-refractivity contribution < 1.29 is 8.42 Å². The second-order valence-corrected chi connectivity index (χ2v) is 10.4. The number of nitrogens with one attached hydrogen (secondary N) is 1. The maximum absolute atomic E-state index is 12.6. The van der Waals surface area contributed by atoms with Crippen LogP contribution in [0.4, 0.5) is 11.6 Å².